The number of benzene rings is 2. The Balaban J connectivity index is 1.14. The highest BCUT2D eigenvalue weighted by molar-refractivity contribution is 6.07. The van der Waals surface area contributed by atoms with Crippen LogP contribution in [0.1, 0.15) is 42.4 Å². The van der Waals surface area contributed by atoms with E-state index in [-0.39, 0.29) is 18.0 Å². The molecule has 0 unspecified atom stereocenters. The molecule has 188 valence electrons. The molecule has 1 spiro atoms. The number of amides is 3. The average Bonchev–Trinajstić information content (AvgIpc) is 3.62. The van der Waals surface area contributed by atoms with Crippen molar-refractivity contribution in [3.63, 3.8) is 0 Å². The largest absolute Gasteiger partial charge is 0.372 e. The third-order valence-electron chi connectivity index (χ3n) is 8.77. The molecule has 3 heterocycles. The van der Waals surface area contributed by atoms with Crippen molar-refractivity contribution >= 4 is 17.6 Å². The molecular weight excluding hydrogens is 448 g/mol. The van der Waals surface area contributed by atoms with E-state index in [1.807, 2.05) is 17.0 Å². The summed E-state index contributed by atoms with van der Waals surface area (Å²) in [6.45, 7) is 9.10. The Labute approximate surface area is 214 Å². The molecule has 1 aliphatic carbocycles. The molecule has 36 heavy (non-hydrogen) atoms. The van der Waals surface area contributed by atoms with Crippen molar-refractivity contribution in [2.24, 2.45) is 0 Å². The number of fused-ring (bicyclic) bond motifs is 1. The van der Waals surface area contributed by atoms with Gasteiger partial charge in [-0.05, 0) is 67.3 Å². The van der Waals surface area contributed by atoms with E-state index in [0.29, 0.717) is 19.4 Å². The van der Waals surface area contributed by atoms with Gasteiger partial charge in [-0.3, -0.25) is 14.6 Å². The molecule has 6 heteroatoms. The van der Waals surface area contributed by atoms with E-state index in [1.54, 1.807) is 11.0 Å². The van der Waals surface area contributed by atoms with Gasteiger partial charge in [0, 0.05) is 51.0 Å². The van der Waals surface area contributed by atoms with Crippen LogP contribution in [0.15, 0.2) is 61.2 Å². The van der Waals surface area contributed by atoms with Crippen LogP contribution in [0.4, 0.5) is 10.5 Å². The molecular formula is C30H36N4O2. The van der Waals surface area contributed by atoms with Crippen LogP contribution in [-0.4, -0.2) is 70.9 Å². The van der Waals surface area contributed by atoms with Gasteiger partial charge in [0.25, 0.3) is 5.91 Å². The number of hydrogen-bond donors (Lipinski definition) is 0. The highest BCUT2D eigenvalue weighted by Gasteiger charge is 2.59. The number of anilines is 1. The van der Waals surface area contributed by atoms with Gasteiger partial charge >= 0.3 is 6.03 Å². The van der Waals surface area contributed by atoms with Crippen molar-refractivity contribution in [2.75, 3.05) is 37.6 Å². The molecule has 6 rings (SSSR count). The van der Waals surface area contributed by atoms with Crippen LogP contribution in [-0.2, 0) is 24.2 Å². The van der Waals surface area contributed by atoms with Crippen LogP contribution in [0.25, 0.3) is 0 Å². The summed E-state index contributed by atoms with van der Waals surface area (Å²) in [5, 5.41) is 0. The summed E-state index contributed by atoms with van der Waals surface area (Å²) >= 11 is 0. The number of piperidine rings is 1. The Morgan fingerprint density at radius 2 is 1.53 bits per heavy atom. The van der Waals surface area contributed by atoms with Gasteiger partial charge in [0.1, 0.15) is 5.54 Å². The van der Waals surface area contributed by atoms with Crippen LogP contribution in [0.2, 0.25) is 0 Å². The number of rotatable bonds is 6. The minimum Gasteiger partial charge on any atom is -0.372 e. The summed E-state index contributed by atoms with van der Waals surface area (Å²) in [6, 6.07) is 17.1. The van der Waals surface area contributed by atoms with E-state index in [4.69, 9.17) is 0 Å². The first kappa shape index (κ1) is 23.3. The molecule has 0 bridgehead atoms. The highest BCUT2D eigenvalue weighted by Crippen LogP contribution is 2.40. The fourth-order valence-corrected chi connectivity index (χ4v) is 6.77. The second-order valence-corrected chi connectivity index (χ2v) is 10.9. The SMILES string of the molecule is C=CCN1C(=O)N(C2Cc3ccccc3C2)C(=O)C12CCN(Cc1ccc(N3CCCC3)cc1)CC2. The second kappa shape index (κ2) is 9.40. The predicted octanol–water partition coefficient (Wildman–Crippen LogP) is 4.24. The number of hydrogen-bond acceptors (Lipinski definition) is 4. The van der Waals surface area contributed by atoms with Crippen LogP contribution in [0, 0.1) is 0 Å². The van der Waals surface area contributed by atoms with Crippen molar-refractivity contribution < 1.29 is 9.59 Å². The van der Waals surface area contributed by atoms with E-state index in [9.17, 15) is 9.59 Å². The molecule has 4 aliphatic rings. The zero-order valence-corrected chi connectivity index (χ0v) is 21.1. The summed E-state index contributed by atoms with van der Waals surface area (Å²) < 4.78 is 0. The van der Waals surface area contributed by atoms with E-state index >= 15 is 0 Å². The lowest BCUT2D eigenvalue weighted by atomic mass is 9.85. The second-order valence-electron chi connectivity index (χ2n) is 10.9. The lowest BCUT2D eigenvalue weighted by Gasteiger charge is -2.42. The zero-order chi connectivity index (χ0) is 24.7. The number of carbonyl (C=O) groups is 2. The quantitative estimate of drug-likeness (QED) is 0.455. The molecule has 2 aromatic carbocycles. The number of likely N-dealkylation sites (tertiary alicyclic amines) is 1. The Morgan fingerprint density at radius 1 is 0.889 bits per heavy atom. The molecule has 3 saturated heterocycles. The Morgan fingerprint density at radius 3 is 2.14 bits per heavy atom. The van der Waals surface area contributed by atoms with Gasteiger partial charge in [0.15, 0.2) is 0 Å². The molecule has 2 aromatic rings. The van der Waals surface area contributed by atoms with Gasteiger partial charge in [-0.25, -0.2) is 4.79 Å². The first-order valence-electron chi connectivity index (χ1n) is 13.5. The maximum absolute atomic E-state index is 14.0. The number of imide groups is 1. The van der Waals surface area contributed by atoms with Crippen molar-refractivity contribution in [3.8, 4) is 0 Å². The lowest BCUT2D eigenvalue weighted by molar-refractivity contribution is -0.136. The lowest BCUT2D eigenvalue weighted by Crippen LogP contribution is -2.56. The molecule has 6 nitrogen and oxygen atoms in total. The summed E-state index contributed by atoms with van der Waals surface area (Å²) in [4.78, 5) is 35.8. The average molecular weight is 485 g/mol. The maximum Gasteiger partial charge on any atom is 0.328 e. The maximum atomic E-state index is 14.0. The molecule has 3 amide bonds. The van der Waals surface area contributed by atoms with Gasteiger partial charge in [0.05, 0.1) is 0 Å². The number of nitrogens with zero attached hydrogens (tertiary/aromatic N) is 4. The summed E-state index contributed by atoms with van der Waals surface area (Å²) in [6.07, 6.45) is 7.18. The molecule has 0 radical (unpaired) electrons. The molecule has 0 atom stereocenters. The summed E-state index contributed by atoms with van der Waals surface area (Å²) in [5.74, 6) is 0.00164. The van der Waals surface area contributed by atoms with Crippen molar-refractivity contribution in [3.05, 3.63) is 77.9 Å². The van der Waals surface area contributed by atoms with E-state index in [2.05, 4.69) is 52.8 Å². The van der Waals surface area contributed by atoms with Crippen molar-refractivity contribution in [2.45, 2.75) is 56.7 Å². The number of carbonyl (C=O) groups excluding carboxylic acids is 2. The standard InChI is InChI=1S/C30H36N4O2/c1-2-15-33-29(36)34(27-20-24-7-3-4-8-25(24)21-27)28(35)30(33)13-18-31(19-14-30)22-23-9-11-26(12-10-23)32-16-5-6-17-32/h2-4,7-12,27H,1,5-6,13-22H2. The predicted molar refractivity (Wildman–Crippen MR) is 142 cm³/mol. The minimum atomic E-state index is -0.740. The molecule has 0 aromatic heterocycles. The van der Waals surface area contributed by atoms with E-state index < -0.39 is 5.54 Å². The molecule has 0 N–H and O–H groups in total. The van der Waals surface area contributed by atoms with Gasteiger partial charge < -0.3 is 9.80 Å². The van der Waals surface area contributed by atoms with Crippen molar-refractivity contribution in [1.82, 2.24) is 14.7 Å². The van der Waals surface area contributed by atoms with Crippen LogP contribution >= 0.6 is 0 Å². The monoisotopic (exact) mass is 484 g/mol. The zero-order valence-electron chi connectivity index (χ0n) is 21.1. The summed E-state index contributed by atoms with van der Waals surface area (Å²) in [7, 11) is 0. The van der Waals surface area contributed by atoms with Gasteiger partial charge in [-0.2, -0.15) is 0 Å². The smallest absolute Gasteiger partial charge is 0.328 e. The Bertz CT molecular complexity index is 1120. The first-order valence-corrected chi connectivity index (χ1v) is 13.5. The molecule has 3 fully saturated rings. The highest BCUT2D eigenvalue weighted by atomic mass is 16.2. The minimum absolute atomic E-state index is 0.00164. The fraction of sp³-hybridized carbons (Fsp3) is 0.467. The number of urea groups is 1. The normalized spacial score (nSPS) is 22.2. The van der Waals surface area contributed by atoms with E-state index in [1.165, 1.54) is 35.2 Å². The first-order chi connectivity index (χ1) is 17.6. The van der Waals surface area contributed by atoms with Gasteiger partial charge in [0.2, 0.25) is 0 Å². The third kappa shape index (κ3) is 3.92. The van der Waals surface area contributed by atoms with Crippen LogP contribution in [0.5, 0.6) is 0 Å². The van der Waals surface area contributed by atoms with Gasteiger partial charge in [-0.15, -0.1) is 6.58 Å². The Kier molecular flexibility index (Phi) is 6.08. The van der Waals surface area contributed by atoms with Crippen LogP contribution in [0.3, 0.4) is 0 Å². The third-order valence-corrected chi connectivity index (χ3v) is 8.77. The topological polar surface area (TPSA) is 47.1 Å². The molecule has 0 saturated carbocycles. The van der Waals surface area contributed by atoms with Gasteiger partial charge in [-0.1, -0.05) is 42.5 Å². The molecule has 3 aliphatic heterocycles. The Hall–Kier alpha value is -3.12. The fourth-order valence-electron chi connectivity index (χ4n) is 6.77. The van der Waals surface area contributed by atoms with Crippen LogP contribution < -0.4 is 4.90 Å². The summed E-state index contributed by atoms with van der Waals surface area (Å²) in [5.41, 5.74) is 4.39. The van der Waals surface area contributed by atoms with Crippen molar-refractivity contribution in [1.29, 1.82) is 0 Å². The van der Waals surface area contributed by atoms with E-state index in [0.717, 1.165) is 45.6 Å².